The van der Waals surface area contributed by atoms with Crippen molar-refractivity contribution in [2.75, 3.05) is 6.54 Å². The Balaban J connectivity index is 1.45. The Morgan fingerprint density at radius 3 is 2.50 bits per heavy atom. The molecular weight excluding hydrogens is 424 g/mol. The molecule has 2 aliphatic heterocycles. The largest absolute Gasteiger partial charge is 0.480 e. The highest BCUT2D eigenvalue weighted by atomic mass is 32.2. The SMILES string of the molecule is O=C(O)CN1C(=O)[C@@H]2[C@@H]3C[C@@H]([C@H]4Sc5[nH]c(=O)sc5[C@@H](c5ccccc5)[C@H]34)[C@@H]2C1=O. The Hall–Kier alpha value is -2.39. The lowest BCUT2D eigenvalue weighted by atomic mass is 9.68. The third-order valence-electron chi connectivity index (χ3n) is 7.27. The second kappa shape index (κ2) is 6.31. The number of thiazole rings is 1. The molecule has 6 rings (SSSR count). The molecule has 2 amide bonds. The number of likely N-dealkylation sites (tertiary alicyclic amines) is 1. The summed E-state index contributed by atoms with van der Waals surface area (Å²) in [6.07, 6.45) is 0.804. The molecule has 3 heterocycles. The molecule has 9 heteroatoms. The van der Waals surface area contributed by atoms with Crippen LogP contribution in [0.5, 0.6) is 0 Å². The van der Waals surface area contributed by atoms with Gasteiger partial charge in [0, 0.05) is 16.0 Å². The van der Waals surface area contributed by atoms with Crippen molar-refractivity contribution in [1.29, 1.82) is 0 Å². The number of hydrogen-bond donors (Lipinski definition) is 2. The Morgan fingerprint density at radius 2 is 1.80 bits per heavy atom. The van der Waals surface area contributed by atoms with Crippen LogP contribution >= 0.6 is 23.1 Å². The van der Waals surface area contributed by atoms with Crippen molar-refractivity contribution in [2.45, 2.75) is 22.6 Å². The number of nitrogens with zero attached hydrogens (tertiary/aromatic N) is 1. The molecular formula is C21H18N2O5S2. The zero-order chi connectivity index (χ0) is 20.7. The summed E-state index contributed by atoms with van der Waals surface area (Å²) in [5.41, 5.74) is 1.12. The fourth-order valence-electron chi connectivity index (χ4n) is 6.40. The van der Waals surface area contributed by atoms with E-state index in [1.54, 1.807) is 11.8 Å². The van der Waals surface area contributed by atoms with Crippen LogP contribution in [0.15, 0.2) is 40.2 Å². The summed E-state index contributed by atoms with van der Waals surface area (Å²) in [4.78, 5) is 54.3. The van der Waals surface area contributed by atoms with Crippen molar-refractivity contribution < 1.29 is 19.5 Å². The fourth-order valence-corrected chi connectivity index (χ4v) is 9.29. The van der Waals surface area contributed by atoms with Crippen LogP contribution in [-0.4, -0.2) is 44.6 Å². The Morgan fingerprint density at radius 1 is 1.10 bits per heavy atom. The maximum atomic E-state index is 13.1. The number of thioether (sulfide) groups is 1. The van der Waals surface area contributed by atoms with Gasteiger partial charge in [-0.3, -0.25) is 24.1 Å². The molecule has 7 atom stereocenters. The third kappa shape index (κ3) is 2.33. The highest BCUT2D eigenvalue weighted by molar-refractivity contribution is 8.00. The molecule has 2 aromatic rings. The van der Waals surface area contributed by atoms with Crippen molar-refractivity contribution in [1.82, 2.24) is 9.88 Å². The quantitative estimate of drug-likeness (QED) is 0.704. The minimum Gasteiger partial charge on any atom is -0.480 e. The van der Waals surface area contributed by atoms with Gasteiger partial charge in [0.2, 0.25) is 11.8 Å². The summed E-state index contributed by atoms with van der Waals surface area (Å²) in [5.74, 6) is -2.52. The lowest BCUT2D eigenvalue weighted by Crippen LogP contribution is -2.42. The summed E-state index contributed by atoms with van der Waals surface area (Å²) in [6.45, 7) is -0.560. The van der Waals surface area contributed by atoms with Gasteiger partial charge in [0.1, 0.15) is 6.54 Å². The average molecular weight is 443 g/mol. The van der Waals surface area contributed by atoms with Crippen LogP contribution in [0.1, 0.15) is 22.8 Å². The molecule has 2 N–H and O–H groups in total. The number of carbonyl (C=O) groups excluding carboxylic acids is 2. The Bertz CT molecular complexity index is 1140. The van der Waals surface area contributed by atoms with Gasteiger partial charge in [0.05, 0.1) is 16.9 Å². The van der Waals surface area contributed by atoms with Gasteiger partial charge in [-0.25, -0.2) is 0 Å². The van der Waals surface area contributed by atoms with Crippen molar-refractivity contribution in [3.8, 4) is 0 Å². The predicted molar refractivity (Wildman–Crippen MR) is 109 cm³/mol. The zero-order valence-corrected chi connectivity index (χ0v) is 17.3. The number of amides is 2. The average Bonchev–Trinajstić information content (AvgIpc) is 3.44. The number of nitrogens with one attached hydrogen (secondary N) is 1. The molecule has 3 fully saturated rings. The number of carbonyl (C=O) groups is 3. The monoisotopic (exact) mass is 442 g/mol. The molecule has 30 heavy (non-hydrogen) atoms. The molecule has 1 aromatic carbocycles. The second-order valence-electron chi connectivity index (χ2n) is 8.53. The number of hydrogen-bond acceptors (Lipinski definition) is 6. The maximum Gasteiger partial charge on any atom is 0.323 e. The predicted octanol–water partition coefficient (Wildman–Crippen LogP) is 1.99. The lowest BCUT2D eigenvalue weighted by Gasteiger charge is -2.43. The van der Waals surface area contributed by atoms with E-state index in [4.69, 9.17) is 5.11 Å². The van der Waals surface area contributed by atoms with Crippen LogP contribution in [0.4, 0.5) is 0 Å². The molecule has 1 aromatic heterocycles. The number of aromatic nitrogens is 1. The number of carboxylic acids is 1. The van der Waals surface area contributed by atoms with Crippen molar-refractivity contribution in [3.05, 3.63) is 50.4 Å². The summed E-state index contributed by atoms with van der Waals surface area (Å²) < 4.78 is 0. The molecule has 4 aliphatic rings. The topological polar surface area (TPSA) is 108 Å². The van der Waals surface area contributed by atoms with Crippen LogP contribution in [0.3, 0.4) is 0 Å². The molecule has 0 spiro atoms. The van der Waals surface area contributed by atoms with E-state index in [0.29, 0.717) is 0 Å². The van der Waals surface area contributed by atoms with Gasteiger partial charge < -0.3 is 10.1 Å². The Kier molecular flexibility index (Phi) is 3.86. The van der Waals surface area contributed by atoms with E-state index in [1.165, 1.54) is 11.3 Å². The minimum absolute atomic E-state index is 0.00350. The number of aromatic amines is 1. The molecule has 2 aliphatic carbocycles. The van der Waals surface area contributed by atoms with Crippen LogP contribution < -0.4 is 4.87 Å². The molecule has 2 saturated carbocycles. The van der Waals surface area contributed by atoms with Gasteiger partial charge in [0.15, 0.2) is 0 Å². The Labute approximate surface area is 179 Å². The molecule has 0 radical (unpaired) electrons. The highest BCUT2D eigenvalue weighted by Crippen LogP contribution is 2.68. The van der Waals surface area contributed by atoms with E-state index in [-0.39, 0.29) is 45.6 Å². The number of benzene rings is 1. The fraction of sp³-hybridized carbons (Fsp3) is 0.429. The molecule has 1 saturated heterocycles. The summed E-state index contributed by atoms with van der Waals surface area (Å²) in [6, 6.07) is 10.0. The third-order valence-corrected chi connectivity index (χ3v) is 9.86. The number of rotatable bonds is 3. The van der Waals surface area contributed by atoms with Gasteiger partial charge >= 0.3 is 10.8 Å². The van der Waals surface area contributed by atoms with Crippen LogP contribution in [0.25, 0.3) is 0 Å². The van der Waals surface area contributed by atoms with E-state index in [2.05, 4.69) is 17.1 Å². The van der Waals surface area contributed by atoms with Crippen LogP contribution in [-0.2, 0) is 14.4 Å². The van der Waals surface area contributed by atoms with Crippen molar-refractivity contribution >= 4 is 40.9 Å². The summed E-state index contributed by atoms with van der Waals surface area (Å²) >= 11 is 2.87. The minimum atomic E-state index is -1.17. The first-order valence-electron chi connectivity index (χ1n) is 9.97. The number of H-pyrrole nitrogens is 1. The van der Waals surface area contributed by atoms with Crippen LogP contribution in [0.2, 0.25) is 0 Å². The smallest absolute Gasteiger partial charge is 0.323 e. The molecule has 2 bridgehead atoms. The van der Waals surface area contributed by atoms with Crippen molar-refractivity contribution in [2.24, 2.45) is 29.6 Å². The van der Waals surface area contributed by atoms with Crippen LogP contribution in [0, 0.1) is 29.6 Å². The number of fused-ring (bicyclic) bond motifs is 9. The van der Waals surface area contributed by atoms with E-state index in [1.807, 2.05) is 18.2 Å². The first kappa shape index (κ1) is 18.4. The lowest BCUT2D eigenvalue weighted by molar-refractivity contribution is -0.149. The normalized spacial score (nSPS) is 36.0. The number of carboxylic acid groups (broad SMARTS) is 1. The zero-order valence-electron chi connectivity index (χ0n) is 15.7. The molecule has 7 nitrogen and oxygen atoms in total. The van der Waals surface area contributed by atoms with Gasteiger partial charge in [0.25, 0.3) is 0 Å². The van der Waals surface area contributed by atoms with Gasteiger partial charge in [-0.1, -0.05) is 41.7 Å². The summed E-state index contributed by atoms with van der Waals surface area (Å²) in [7, 11) is 0. The van der Waals surface area contributed by atoms with E-state index < -0.39 is 24.3 Å². The number of aliphatic carboxylic acids is 1. The van der Waals surface area contributed by atoms with Crippen molar-refractivity contribution in [3.63, 3.8) is 0 Å². The molecule has 154 valence electrons. The molecule has 0 unspecified atom stereocenters. The number of imide groups is 1. The first-order valence-corrected chi connectivity index (χ1v) is 11.7. The second-order valence-corrected chi connectivity index (χ2v) is 10.7. The van der Waals surface area contributed by atoms with Gasteiger partial charge in [-0.2, -0.15) is 0 Å². The maximum absolute atomic E-state index is 13.1. The van der Waals surface area contributed by atoms with E-state index in [0.717, 1.165) is 26.8 Å². The first-order chi connectivity index (χ1) is 14.5. The van der Waals surface area contributed by atoms with E-state index >= 15 is 0 Å². The van der Waals surface area contributed by atoms with Gasteiger partial charge in [-0.15, -0.1) is 11.8 Å². The van der Waals surface area contributed by atoms with E-state index in [9.17, 15) is 19.2 Å². The highest BCUT2D eigenvalue weighted by Gasteiger charge is 2.69. The van der Waals surface area contributed by atoms with Gasteiger partial charge in [-0.05, 0) is 29.7 Å². The standard InChI is InChI=1S/C21H18N2O5S2/c24-11(25)7-23-19(26)14-9-6-10(15(14)20(23)27)16-13(9)12(8-4-2-1-3-5-8)17-18(29-16)22-21(28)30-17/h1-5,9-10,12-16H,6-7H2,(H,22,28)(H,24,25)/t9-,10-,12+,13+,14-,15+,16-/m1/s1. The summed E-state index contributed by atoms with van der Waals surface area (Å²) in [5, 5.41) is 10.2.